The van der Waals surface area contributed by atoms with Gasteiger partial charge in [0.2, 0.25) is 0 Å². The number of quaternary nitrogens is 1. The molecular weight excluding hydrogens is 348 g/mol. The van der Waals surface area contributed by atoms with Crippen LogP contribution in [0.4, 0.5) is 5.00 Å². The van der Waals surface area contributed by atoms with Gasteiger partial charge in [0.25, 0.3) is 5.91 Å². The molecule has 1 aromatic heterocycles. The Hall–Kier alpha value is -2.18. The van der Waals surface area contributed by atoms with E-state index in [1.54, 1.807) is 6.92 Å². The van der Waals surface area contributed by atoms with Crippen molar-refractivity contribution < 1.29 is 19.6 Å². The molecule has 1 aromatic carbocycles. The smallest absolute Gasteiger partial charge is 0.341 e. The molecule has 1 aliphatic rings. The molecule has 26 heavy (non-hydrogen) atoms. The standard InChI is InChI=1S/C20H24N2O3S/c1-2-25-20(24)18-15-9-6-10-16(15)26-19(18)22-17(23)13-21-12-11-14-7-4-3-5-8-14/h3-5,7-8,21H,2,6,9-13H2,1H3,(H,22,23)/p+1. The third-order valence-electron chi connectivity index (χ3n) is 4.46. The zero-order valence-corrected chi connectivity index (χ0v) is 15.9. The average Bonchev–Trinajstić information content (AvgIpc) is 3.20. The van der Waals surface area contributed by atoms with Crippen LogP contribution in [0, 0.1) is 0 Å². The molecule has 138 valence electrons. The average molecular weight is 373 g/mol. The Balaban J connectivity index is 1.55. The SMILES string of the molecule is CCOC(=O)c1c(NC(=O)C[NH2+]CCc2ccccc2)sc2c1CCC2. The van der Waals surface area contributed by atoms with E-state index in [0.717, 1.165) is 37.8 Å². The van der Waals surface area contributed by atoms with Crippen molar-refractivity contribution >= 4 is 28.2 Å². The van der Waals surface area contributed by atoms with E-state index in [1.807, 2.05) is 23.5 Å². The molecule has 1 heterocycles. The van der Waals surface area contributed by atoms with Crippen LogP contribution in [0.1, 0.15) is 39.7 Å². The largest absolute Gasteiger partial charge is 0.462 e. The topological polar surface area (TPSA) is 72.0 Å². The lowest BCUT2D eigenvalue weighted by Gasteiger charge is -2.07. The van der Waals surface area contributed by atoms with E-state index in [9.17, 15) is 9.59 Å². The van der Waals surface area contributed by atoms with Crippen molar-refractivity contribution in [1.82, 2.24) is 0 Å². The molecule has 0 saturated heterocycles. The fraction of sp³-hybridized carbons (Fsp3) is 0.400. The Morgan fingerprint density at radius 3 is 2.81 bits per heavy atom. The summed E-state index contributed by atoms with van der Waals surface area (Å²) in [5, 5.41) is 5.57. The van der Waals surface area contributed by atoms with Gasteiger partial charge in [0, 0.05) is 11.3 Å². The van der Waals surface area contributed by atoms with E-state index in [-0.39, 0.29) is 11.9 Å². The minimum atomic E-state index is -0.324. The van der Waals surface area contributed by atoms with E-state index in [1.165, 1.54) is 21.8 Å². The molecule has 3 N–H and O–H groups in total. The molecule has 1 aliphatic carbocycles. The van der Waals surface area contributed by atoms with Crippen molar-refractivity contribution in [3.8, 4) is 0 Å². The number of ether oxygens (including phenoxy) is 1. The highest BCUT2D eigenvalue weighted by atomic mass is 32.1. The fourth-order valence-electron chi connectivity index (χ4n) is 3.24. The van der Waals surface area contributed by atoms with Crippen LogP contribution in [-0.4, -0.2) is 31.6 Å². The quantitative estimate of drug-likeness (QED) is 0.550. The van der Waals surface area contributed by atoms with Gasteiger partial charge < -0.3 is 15.4 Å². The van der Waals surface area contributed by atoms with Gasteiger partial charge >= 0.3 is 5.97 Å². The van der Waals surface area contributed by atoms with Gasteiger partial charge in [-0.05, 0) is 37.3 Å². The number of nitrogens with two attached hydrogens (primary N) is 1. The van der Waals surface area contributed by atoms with E-state index in [4.69, 9.17) is 4.74 Å². The number of hydrogen-bond donors (Lipinski definition) is 2. The maximum atomic E-state index is 12.3. The lowest BCUT2D eigenvalue weighted by molar-refractivity contribution is -0.643. The number of esters is 1. The van der Waals surface area contributed by atoms with Crippen molar-refractivity contribution in [3.63, 3.8) is 0 Å². The Morgan fingerprint density at radius 1 is 1.23 bits per heavy atom. The summed E-state index contributed by atoms with van der Waals surface area (Å²) in [6.07, 6.45) is 3.86. The number of hydrogen-bond acceptors (Lipinski definition) is 4. The number of thiophene rings is 1. The number of carbonyl (C=O) groups is 2. The molecular formula is C20H25N2O3S+. The first-order chi connectivity index (χ1) is 12.7. The molecule has 0 unspecified atom stereocenters. The van der Waals surface area contributed by atoms with Crippen LogP contribution in [0.2, 0.25) is 0 Å². The van der Waals surface area contributed by atoms with Crippen molar-refractivity contribution in [1.29, 1.82) is 0 Å². The molecule has 0 aliphatic heterocycles. The number of carbonyl (C=O) groups excluding carboxylic acids is 2. The molecule has 6 heteroatoms. The van der Waals surface area contributed by atoms with E-state index < -0.39 is 0 Å². The summed E-state index contributed by atoms with van der Waals surface area (Å²) in [4.78, 5) is 25.8. The first-order valence-corrected chi connectivity index (χ1v) is 9.97. The predicted molar refractivity (Wildman–Crippen MR) is 103 cm³/mol. The predicted octanol–water partition coefficient (Wildman–Crippen LogP) is 2.16. The van der Waals surface area contributed by atoms with Gasteiger partial charge in [0.1, 0.15) is 5.00 Å². The maximum absolute atomic E-state index is 12.3. The minimum Gasteiger partial charge on any atom is -0.462 e. The highest BCUT2D eigenvalue weighted by molar-refractivity contribution is 7.17. The Morgan fingerprint density at radius 2 is 2.04 bits per heavy atom. The number of fused-ring (bicyclic) bond motifs is 1. The van der Waals surface area contributed by atoms with Crippen molar-refractivity contribution in [2.45, 2.75) is 32.6 Å². The number of benzene rings is 1. The van der Waals surface area contributed by atoms with Gasteiger partial charge in [-0.15, -0.1) is 11.3 Å². The van der Waals surface area contributed by atoms with E-state index >= 15 is 0 Å². The van der Waals surface area contributed by atoms with Crippen molar-refractivity contribution in [2.75, 3.05) is 25.0 Å². The molecule has 0 saturated carbocycles. The number of aryl methyl sites for hydroxylation is 1. The molecule has 0 radical (unpaired) electrons. The van der Waals surface area contributed by atoms with Crippen LogP contribution < -0.4 is 10.6 Å². The summed E-state index contributed by atoms with van der Waals surface area (Å²) >= 11 is 1.52. The summed E-state index contributed by atoms with van der Waals surface area (Å²) in [5.41, 5.74) is 2.90. The molecule has 2 aromatic rings. The van der Waals surface area contributed by atoms with Crippen LogP contribution in [0.5, 0.6) is 0 Å². The van der Waals surface area contributed by atoms with Gasteiger partial charge in [0.05, 0.1) is 18.7 Å². The molecule has 0 bridgehead atoms. The zero-order valence-electron chi connectivity index (χ0n) is 15.0. The highest BCUT2D eigenvalue weighted by Crippen LogP contribution is 2.39. The second-order valence-electron chi connectivity index (χ2n) is 6.35. The molecule has 0 fully saturated rings. The van der Waals surface area contributed by atoms with Crippen LogP contribution >= 0.6 is 11.3 Å². The fourth-order valence-corrected chi connectivity index (χ4v) is 4.53. The number of nitrogens with one attached hydrogen (secondary N) is 1. The molecule has 3 rings (SSSR count). The van der Waals surface area contributed by atoms with Crippen LogP contribution in [0.3, 0.4) is 0 Å². The summed E-state index contributed by atoms with van der Waals surface area (Å²) in [6, 6.07) is 10.2. The summed E-state index contributed by atoms with van der Waals surface area (Å²) in [6.45, 7) is 3.33. The Kier molecular flexibility index (Phi) is 6.41. The van der Waals surface area contributed by atoms with Gasteiger partial charge in [-0.3, -0.25) is 4.79 Å². The summed E-state index contributed by atoms with van der Waals surface area (Å²) in [5.74, 6) is -0.404. The Bertz CT molecular complexity index is 771. The zero-order chi connectivity index (χ0) is 18.4. The maximum Gasteiger partial charge on any atom is 0.341 e. The second-order valence-corrected chi connectivity index (χ2v) is 7.45. The van der Waals surface area contributed by atoms with Gasteiger partial charge in [-0.25, -0.2) is 4.79 Å². The van der Waals surface area contributed by atoms with E-state index in [0.29, 0.717) is 23.7 Å². The third kappa shape index (κ3) is 4.51. The second kappa shape index (κ2) is 8.96. The lowest BCUT2D eigenvalue weighted by Crippen LogP contribution is -2.86. The lowest BCUT2D eigenvalue weighted by atomic mass is 10.1. The minimum absolute atomic E-state index is 0.0801. The van der Waals surface area contributed by atoms with E-state index in [2.05, 4.69) is 17.4 Å². The molecule has 0 spiro atoms. The van der Waals surface area contributed by atoms with Crippen LogP contribution in [-0.2, 0) is 28.8 Å². The van der Waals surface area contributed by atoms with Crippen molar-refractivity contribution in [3.05, 3.63) is 51.9 Å². The summed E-state index contributed by atoms with van der Waals surface area (Å²) in [7, 11) is 0. The monoisotopic (exact) mass is 373 g/mol. The number of rotatable bonds is 8. The van der Waals surface area contributed by atoms with Crippen LogP contribution in [0.25, 0.3) is 0 Å². The van der Waals surface area contributed by atoms with Gasteiger partial charge in [-0.1, -0.05) is 30.3 Å². The highest BCUT2D eigenvalue weighted by Gasteiger charge is 2.28. The Labute approximate surface area is 157 Å². The van der Waals surface area contributed by atoms with Crippen molar-refractivity contribution in [2.24, 2.45) is 0 Å². The molecule has 5 nitrogen and oxygen atoms in total. The first kappa shape index (κ1) is 18.6. The normalized spacial score (nSPS) is 12.7. The molecule has 0 atom stereocenters. The number of anilines is 1. The summed E-state index contributed by atoms with van der Waals surface area (Å²) < 4.78 is 5.19. The molecule has 1 amide bonds. The third-order valence-corrected chi connectivity index (χ3v) is 5.67. The van der Waals surface area contributed by atoms with Gasteiger partial charge in [0.15, 0.2) is 6.54 Å². The first-order valence-electron chi connectivity index (χ1n) is 9.16. The van der Waals surface area contributed by atoms with Gasteiger partial charge in [-0.2, -0.15) is 0 Å². The van der Waals surface area contributed by atoms with Crippen LogP contribution in [0.15, 0.2) is 30.3 Å². The number of amides is 1.